The molecule has 1 heterocycles. The summed E-state index contributed by atoms with van der Waals surface area (Å²) in [4.78, 5) is 9.44. The standard InChI is InChI=1S/C6H10N2O3/c1-6(2)4-11-5(7-6)3-8(9)10/h3,7H,4H2,1-2H3. The molecule has 5 nitrogen and oxygen atoms in total. The van der Waals surface area contributed by atoms with Gasteiger partial charge in [-0.3, -0.25) is 10.1 Å². The summed E-state index contributed by atoms with van der Waals surface area (Å²) in [6.45, 7) is 4.29. The van der Waals surface area contributed by atoms with Crippen LogP contribution >= 0.6 is 0 Å². The van der Waals surface area contributed by atoms with Gasteiger partial charge in [0, 0.05) is 0 Å². The number of hydrogen-bond acceptors (Lipinski definition) is 4. The largest absolute Gasteiger partial charge is 0.472 e. The van der Waals surface area contributed by atoms with Crippen molar-refractivity contribution < 1.29 is 9.66 Å². The molecule has 1 aliphatic heterocycles. The second kappa shape index (κ2) is 2.41. The molecule has 0 spiro atoms. The van der Waals surface area contributed by atoms with Crippen LogP contribution < -0.4 is 5.32 Å². The van der Waals surface area contributed by atoms with Crippen LogP contribution in [0.15, 0.2) is 12.1 Å². The molecule has 1 rings (SSSR count). The predicted octanol–water partition coefficient (Wildman–Crippen LogP) is 0.460. The zero-order chi connectivity index (χ0) is 8.48. The van der Waals surface area contributed by atoms with E-state index in [-0.39, 0.29) is 11.4 Å². The van der Waals surface area contributed by atoms with Crippen LogP contribution in [0.3, 0.4) is 0 Å². The first kappa shape index (κ1) is 7.84. The van der Waals surface area contributed by atoms with Crippen LogP contribution in [-0.2, 0) is 4.74 Å². The summed E-state index contributed by atoms with van der Waals surface area (Å²) >= 11 is 0. The lowest BCUT2D eigenvalue weighted by Gasteiger charge is -2.12. The molecule has 1 saturated heterocycles. The molecule has 0 unspecified atom stereocenters. The maximum atomic E-state index is 9.98. The number of nitrogens with one attached hydrogen (secondary N) is 1. The second-order valence-electron chi connectivity index (χ2n) is 3.08. The van der Waals surface area contributed by atoms with E-state index in [0.717, 1.165) is 6.20 Å². The molecule has 0 aromatic heterocycles. The Morgan fingerprint density at radius 1 is 1.82 bits per heavy atom. The van der Waals surface area contributed by atoms with Crippen molar-refractivity contribution in [2.75, 3.05) is 6.61 Å². The van der Waals surface area contributed by atoms with Gasteiger partial charge in [-0.05, 0) is 13.8 Å². The Kier molecular flexibility index (Phi) is 1.72. The molecule has 0 atom stereocenters. The smallest absolute Gasteiger partial charge is 0.293 e. The first-order chi connectivity index (χ1) is 4.99. The highest BCUT2D eigenvalue weighted by Gasteiger charge is 2.28. The third kappa shape index (κ3) is 2.10. The van der Waals surface area contributed by atoms with Crippen molar-refractivity contribution in [1.29, 1.82) is 0 Å². The van der Waals surface area contributed by atoms with Gasteiger partial charge in [0.1, 0.15) is 6.61 Å². The maximum absolute atomic E-state index is 9.98. The number of hydrogen-bond donors (Lipinski definition) is 1. The summed E-state index contributed by atoms with van der Waals surface area (Å²) in [5.41, 5.74) is -0.193. The van der Waals surface area contributed by atoms with E-state index < -0.39 is 4.92 Å². The highest BCUT2D eigenvalue weighted by molar-refractivity contribution is 4.99. The van der Waals surface area contributed by atoms with Gasteiger partial charge in [-0.25, -0.2) is 0 Å². The highest BCUT2D eigenvalue weighted by atomic mass is 16.6. The maximum Gasteiger partial charge on any atom is 0.293 e. The summed E-state index contributed by atoms with van der Waals surface area (Å²) in [5.74, 6) is 0.236. The molecule has 0 radical (unpaired) electrons. The molecule has 5 heteroatoms. The molecule has 1 N–H and O–H groups in total. The van der Waals surface area contributed by atoms with Crippen molar-refractivity contribution in [3.05, 3.63) is 22.2 Å². The van der Waals surface area contributed by atoms with E-state index in [0.29, 0.717) is 6.61 Å². The monoisotopic (exact) mass is 158 g/mol. The average Bonchev–Trinajstić information content (AvgIpc) is 2.08. The molecule has 0 aliphatic carbocycles. The van der Waals surface area contributed by atoms with Gasteiger partial charge in [0.05, 0.1) is 10.5 Å². The molecule has 0 bridgehead atoms. The Bertz CT molecular complexity index is 210. The van der Waals surface area contributed by atoms with Crippen molar-refractivity contribution in [3.8, 4) is 0 Å². The van der Waals surface area contributed by atoms with Gasteiger partial charge in [0.2, 0.25) is 0 Å². The summed E-state index contributed by atoms with van der Waals surface area (Å²) in [6, 6.07) is 0. The van der Waals surface area contributed by atoms with Crippen molar-refractivity contribution in [2.45, 2.75) is 19.4 Å². The lowest BCUT2D eigenvalue weighted by Crippen LogP contribution is -2.34. The van der Waals surface area contributed by atoms with Gasteiger partial charge in [-0.2, -0.15) is 0 Å². The van der Waals surface area contributed by atoms with E-state index in [2.05, 4.69) is 5.32 Å². The fraction of sp³-hybridized carbons (Fsp3) is 0.667. The lowest BCUT2D eigenvalue weighted by molar-refractivity contribution is -0.405. The fourth-order valence-electron chi connectivity index (χ4n) is 0.829. The van der Waals surface area contributed by atoms with Crippen LogP contribution in [0.2, 0.25) is 0 Å². The topological polar surface area (TPSA) is 64.4 Å². The van der Waals surface area contributed by atoms with E-state index in [4.69, 9.17) is 4.74 Å². The average molecular weight is 158 g/mol. The molecule has 1 fully saturated rings. The summed E-state index contributed by atoms with van der Waals surface area (Å²) in [6.07, 6.45) is 0.828. The molecule has 0 amide bonds. The minimum absolute atomic E-state index is 0.193. The third-order valence-electron chi connectivity index (χ3n) is 1.27. The first-order valence-electron chi connectivity index (χ1n) is 3.26. The van der Waals surface area contributed by atoms with Crippen LogP contribution in [0, 0.1) is 10.1 Å². The van der Waals surface area contributed by atoms with Crippen molar-refractivity contribution in [3.63, 3.8) is 0 Å². The molecule has 11 heavy (non-hydrogen) atoms. The van der Waals surface area contributed by atoms with Gasteiger partial charge in [0.25, 0.3) is 12.1 Å². The summed E-state index contributed by atoms with van der Waals surface area (Å²) < 4.78 is 4.99. The van der Waals surface area contributed by atoms with Crippen LogP contribution in [0.5, 0.6) is 0 Å². The van der Waals surface area contributed by atoms with Crippen molar-refractivity contribution in [2.24, 2.45) is 0 Å². The van der Waals surface area contributed by atoms with E-state index >= 15 is 0 Å². The number of rotatable bonds is 1. The highest BCUT2D eigenvalue weighted by Crippen LogP contribution is 2.15. The second-order valence-corrected chi connectivity index (χ2v) is 3.08. The summed E-state index contributed by atoms with van der Waals surface area (Å²) in [7, 11) is 0. The first-order valence-corrected chi connectivity index (χ1v) is 3.26. The van der Waals surface area contributed by atoms with Gasteiger partial charge >= 0.3 is 0 Å². The number of ether oxygens (including phenoxy) is 1. The van der Waals surface area contributed by atoms with Crippen LogP contribution in [0.25, 0.3) is 0 Å². The van der Waals surface area contributed by atoms with Gasteiger partial charge in [0.15, 0.2) is 0 Å². The minimum atomic E-state index is -0.538. The molecule has 0 aromatic rings. The zero-order valence-electron chi connectivity index (χ0n) is 6.46. The number of nitro groups is 1. The Morgan fingerprint density at radius 2 is 2.45 bits per heavy atom. The van der Waals surface area contributed by atoms with Crippen molar-refractivity contribution in [1.82, 2.24) is 5.32 Å². The zero-order valence-corrected chi connectivity index (χ0v) is 6.46. The quantitative estimate of drug-likeness (QED) is 0.444. The van der Waals surface area contributed by atoms with Crippen molar-refractivity contribution >= 4 is 0 Å². The van der Waals surface area contributed by atoms with E-state index in [1.165, 1.54) is 0 Å². The van der Waals surface area contributed by atoms with Crippen LogP contribution in [-0.4, -0.2) is 17.1 Å². The van der Waals surface area contributed by atoms with Gasteiger partial charge < -0.3 is 10.1 Å². The van der Waals surface area contributed by atoms with E-state index in [1.807, 2.05) is 13.8 Å². The van der Waals surface area contributed by atoms with Gasteiger partial charge in [-0.1, -0.05) is 0 Å². The van der Waals surface area contributed by atoms with Crippen LogP contribution in [0.1, 0.15) is 13.8 Å². The van der Waals surface area contributed by atoms with E-state index in [1.54, 1.807) is 0 Å². The Balaban J connectivity index is 2.61. The molecular weight excluding hydrogens is 148 g/mol. The third-order valence-corrected chi connectivity index (χ3v) is 1.27. The molecule has 62 valence electrons. The number of nitrogens with zero attached hydrogens (tertiary/aromatic N) is 1. The SMILES string of the molecule is CC1(C)COC(=C[N+](=O)[O-])N1. The normalized spacial score (nSPS) is 24.4. The lowest BCUT2D eigenvalue weighted by atomic mass is 10.1. The fourth-order valence-corrected chi connectivity index (χ4v) is 0.829. The Morgan fingerprint density at radius 3 is 2.82 bits per heavy atom. The van der Waals surface area contributed by atoms with Gasteiger partial charge in [-0.15, -0.1) is 0 Å². The molecule has 0 aromatic carbocycles. The summed E-state index contributed by atoms with van der Waals surface area (Å²) in [5, 5.41) is 12.8. The van der Waals surface area contributed by atoms with E-state index in [9.17, 15) is 10.1 Å². The predicted molar refractivity (Wildman–Crippen MR) is 38.2 cm³/mol. The Labute approximate surface area is 64.2 Å². The molecular formula is C6H10N2O3. The molecule has 1 aliphatic rings. The van der Waals surface area contributed by atoms with Crippen LogP contribution in [0.4, 0.5) is 0 Å². The molecule has 0 saturated carbocycles. The minimum Gasteiger partial charge on any atom is -0.472 e. The Hall–Kier alpha value is -1.26.